The van der Waals surface area contributed by atoms with Gasteiger partial charge in [-0.1, -0.05) is 62.4 Å². The molecule has 1 unspecified atom stereocenters. The van der Waals surface area contributed by atoms with Gasteiger partial charge >= 0.3 is 0 Å². The Kier molecular flexibility index (Phi) is 6.18. The Bertz CT molecular complexity index is 888. The summed E-state index contributed by atoms with van der Waals surface area (Å²) in [6.07, 6.45) is 1.88. The molecule has 0 aliphatic carbocycles. The molecule has 158 valence electrons. The molecule has 2 aliphatic rings. The number of benzene rings is 2. The lowest BCUT2D eigenvalue weighted by atomic mass is 9.99. The first-order chi connectivity index (χ1) is 14.5. The highest BCUT2D eigenvalue weighted by molar-refractivity contribution is 6.01. The van der Waals surface area contributed by atoms with Crippen molar-refractivity contribution in [3.8, 4) is 0 Å². The molecule has 1 saturated heterocycles. The second kappa shape index (κ2) is 9.00. The number of nitrogens with one attached hydrogen (secondary N) is 1. The van der Waals surface area contributed by atoms with Gasteiger partial charge in [0.05, 0.1) is 0 Å². The zero-order chi connectivity index (χ0) is 21.1. The molecule has 2 amide bonds. The maximum absolute atomic E-state index is 13.2. The molecule has 2 aromatic carbocycles. The molecule has 0 aromatic heterocycles. The summed E-state index contributed by atoms with van der Waals surface area (Å²) in [5.41, 5.74) is 3.06. The van der Waals surface area contributed by atoms with E-state index in [0.29, 0.717) is 6.54 Å². The van der Waals surface area contributed by atoms with Crippen LogP contribution < -0.4 is 5.32 Å². The molecule has 2 heterocycles. The van der Waals surface area contributed by atoms with Gasteiger partial charge < -0.3 is 10.2 Å². The zero-order valence-electron chi connectivity index (χ0n) is 17.9. The van der Waals surface area contributed by atoms with Crippen LogP contribution in [0.25, 0.3) is 0 Å². The predicted molar refractivity (Wildman–Crippen MR) is 118 cm³/mol. The Morgan fingerprint density at radius 2 is 1.70 bits per heavy atom. The van der Waals surface area contributed by atoms with Crippen LogP contribution in [0.5, 0.6) is 0 Å². The lowest BCUT2D eigenvalue weighted by molar-refractivity contribution is -0.128. The summed E-state index contributed by atoms with van der Waals surface area (Å²) in [5.74, 6) is 0.00577. The highest BCUT2D eigenvalue weighted by Crippen LogP contribution is 2.27. The Hall–Kier alpha value is -2.66. The van der Waals surface area contributed by atoms with Gasteiger partial charge in [0.1, 0.15) is 6.04 Å². The number of carbonyl (C=O) groups is 2. The van der Waals surface area contributed by atoms with E-state index < -0.39 is 6.04 Å². The van der Waals surface area contributed by atoms with Crippen LogP contribution in [0.1, 0.15) is 48.2 Å². The van der Waals surface area contributed by atoms with Crippen molar-refractivity contribution in [2.24, 2.45) is 5.92 Å². The minimum atomic E-state index is -0.438. The van der Waals surface area contributed by atoms with Crippen LogP contribution >= 0.6 is 0 Å². The van der Waals surface area contributed by atoms with Crippen LogP contribution in [-0.2, 0) is 17.9 Å². The quantitative estimate of drug-likeness (QED) is 0.801. The number of amides is 2. The largest absolute Gasteiger partial charge is 0.351 e. The van der Waals surface area contributed by atoms with E-state index >= 15 is 0 Å². The smallest absolute Gasteiger partial charge is 0.255 e. The van der Waals surface area contributed by atoms with Crippen LogP contribution in [-0.4, -0.2) is 46.8 Å². The van der Waals surface area contributed by atoms with Crippen molar-refractivity contribution in [3.05, 3.63) is 71.3 Å². The maximum Gasteiger partial charge on any atom is 0.255 e. The topological polar surface area (TPSA) is 52.7 Å². The first kappa shape index (κ1) is 20.6. The first-order valence-electron chi connectivity index (χ1n) is 11.0. The summed E-state index contributed by atoms with van der Waals surface area (Å²) in [7, 11) is 0. The molecule has 2 aromatic rings. The van der Waals surface area contributed by atoms with Crippen molar-refractivity contribution in [3.63, 3.8) is 0 Å². The van der Waals surface area contributed by atoms with E-state index in [1.165, 1.54) is 5.56 Å². The molecular formula is C25H31N3O2. The Morgan fingerprint density at radius 3 is 2.37 bits per heavy atom. The van der Waals surface area contributed by atoms with E-state index in [0.717, 1.165) is 43.6 Å². The molecular weight excluding hydrogens is 374 g/mol. The van der Waals surface area contributed by atoms with Gasteiger partial charge in [0.2, 0.25) is 5.91 Å². The standard InChI is InChI=1S/C25H31N3O2/c1-18(2)23(28-17-20-10-6-7-11-22(20)25(28)30)24(29)26-21-12-14-27(15-13-21)16-19-8-4-3-5-9-19/h3-11,18,21,23H,12-17H2,1-2H3,(H,26,29). The third-order valence-electron chi connectivity index (χ3n) is 6.27. The molecule has 0 radical (unpaired) electrons. The molecule has 0 spiro atoms. The summed E-state index contributed by atoms with van der Waals surface area (Å²) in [6.45, 7) is 7.45. The summed E-state index contributed by atoms with van der Waals surface area (Å²) >= 11 is 0. The van der Waals surface area contributed by atoms with Gasteiger partial charge in [-0.25, -0.2) is 0 Å². The van der Waals surface area contributed by atoms with Crippen molar-refractivity contribution in [2.45, 2.75) is 51.9 Å². The highest BCUT2D eigenvalue weighted by atomic mass is 16.2. The lowest BCUT2D eigenvalue weighted by Gasteiger charge is -2.35. The van der Waals surface area contributed by atoms with E-state index in [-0.39, 0.29) is 23.8 Å². The van der Waals surface area contributed by atoms with Crippen LogP contribution in [0.3, 0.4) is 0 Å². The fraction of sp³-hybridized carbons (Fsp3) is 0.440. The van der Waals surface area contributed by atoms with Crippen LogP contribution in [0.4, 0.5) is 0 Å². The fourth-order valence-corrected chi connectivity index (χ4v) is 4.67. The number of hydrogen-bond donors (Lipinski definition) is 1. The molecule has 5 heteroatoms. The number of nitrogens with zero attached hydrogens (tertiary/aromatic N) is 2. The van der Waals surface area contributed by atoms with Crippen LogP contribution in [0, 0.1) is 5.92 Å². The second-order valence-corrected chi connectivity index (χ2v) is 8.82. The molecule has 30 heavy (non-hydrogen) atoms. The van der Waals surface area contributed by atoms with Gasteiger partial charge in [-0.2, -0.15) is 0 Å². The van der Waals surface area contributed by atoms with Crippen molar-refractivity contribution in [2.75, 3.05) is 13.1 Å². The number of hydrogen-bond acceptors (Lipinski definition) is 3. The summed E-state index contributed by atoms with van der Waals surface area (Å²) < 4.78 is 0. The third-order valence-corrected chi connectivity index (χ3v) is 6.27. The predicted octanol–water partition coefficient (Wildman–Crippen LogP) is 3.45. The minimum absolute atomic E-state index is 0.0207. The summed E-state index contributed by atoms with van der Waals surface area (Å²) in [5, 5.41) is 3.25. The van der Waals surface area contributed by atoms with Crippen molar-refractivity contribution < 1.29 is 9.59 Å². The molecule has 2 aliphatic heterocycles. The summed E-state index contributed by atoms with van der Waals surface area (Å²) in [6, 6.07) is 17.9. The molecule has 5 nitrogen and oxygen atoms in total. The normalized spacial score (nSPS) is 18.5. The highest BCUT2D eigenvalue weighted by Gasteiger charge is 2.38. The minimum Gasteiger partial charge on any atom is -0.351 e. The van der Waals surface area contributed by atoms with Gasteiger partial charge in [-0.3, -0.25) is 14.5 Å². The van der Waals surface area contributed by atoms with Gasteiger partial charge in [0.25, 0.3) is 5.91 Å². The zero-order valence-corrected chi connectivity index (χ0v) is 17.9. The van der Waals surface area contributed by atoms with E-state index in [4.69, 9.17) is 0 Å². The van der Waals surface area contributed by atoms with E-state index in [1.807, 2.05) is 44.2 Å². The molecule has 4 rings (SSSR count). The molecule has 1 N–H and O–H groups in total. The average molecular weight is 406 g/mol. The fourth-order valence-electron chi connectivity index (χ4n) is 4.67. The van der Waals surface area contributed by atoms with Crippen LogP contribution in [0.2, 0.25) is 0 Å². The number of piperidine rings is 1. The molecule has 0 saturated carbocycles. The van der Waals surface area contributed by atoms with Gasteiger partial charge in [0.15, 0.2) is 0 Å². The Labute approximate surface area is 179 Å². The summed E-state index contributed by atoms with van der Waals surface area (Å²) in [4.78, 5) is 30.3. The number of likely N-dealkylation sites (tertiary alicyclic amines) is 1. The Balaban J connectivity index is 1.34. The number of rotatable bonds is 6. The van der Waals surface area contributed by atoms with Crippen molar-refractivity contribution in [1.82, 2.24) is 15.1 Å². The average Bonchev–Trinajstić information content (AvgIpc) is 3.06. The maximum atomic E-state index is 13.2. The molecule has 0 bridgehead atoms. The third kappa shape index (κ3) is 4.41. The van der Waals surface area contributed by atoms with Crippen LogP contribution in [0.15, 0.2) is 54.6 Å². The van der Waals surface area contributed by atoms with E-state index in [2.05, 4.69) is 34.5 Å². The molecule has 1 fully saturated rings. The van der Waals surface area contributed by atoms with Gasteiger partial charge in [0, 0.05) is 37.8 Å². The monoisotopic (exact) mass is 405 g/mol. The van der Waals surface area contributed by atoms with E-state index in [1.54, 1.807) is 4.90 Å². The lowest BCUT2D eigenvalue weighted by Crippen LogP contribution is -2.54. The van der Waals surface area contributed by atoms with Gasteiger partial charge in [-0.15, -0.1) is 0 Å². The number of carbonyl (C=O) groups excluding carboxylic acids is 2. The first-order valence-corrected chi connectivity index (χ1v) is 11.0. The second-order valence-electron chi connectivity index (χ2n) is 8.82. The van der Waals surface area contributed by atoms with Gasteiger partial charge in [-0.05, 0) is 36.0 Å². The van der Waals surface area contributed by atoms with Crippen molar-refractivity contribution >= 4 is 11.8 Å². The Morgan fingerprint density at radius 1 is 1.03 bits per heavy atom. The van der Waals surface area contributed by atoms with Crippen molar-refractivity contribution in [1.29, 1.82) is 0 Å². The van der Waals surface area contributed by atoms with E-state index in [9.17, 15) is 9.59 Å². The molecule has 1 atom stereocenters. The SMILES string of the molecule is CC(C)C(C(=O)NC1CCN(Cc2ccccc2)CC1)N1Cc2ccccc2C1=O. The number of fused-ring (bicyclic) bond motifs is 1.